The largest absolute Gasteiger partial charge is 0.494 e. The predicted octanol–water partition coefficient (Wildman–Crippen LogP) is 1.27. The molecule has 0 bridgehead atoms. The molecule has 2 N–H and O–H groups in total. The Hall–Kier alpha value is -2.14. The van der Waals surface area contributed by atoms with Gasteiger partial charge in [0.2, 0.25) is 0 Å². The van der Waals surface area contributed by atoms with E-state index in [1.54, 1.807) is 25.4 Å². The number of amides is 1. The van der Waals surface area contributed by atoms with Crippen LogP contribution in [0, 0.1) is 6.92 Å². The van der Waals surface area contributed by atoms with Crippen LogP contribution < -0.4 is 10.1 Å². The third-order valence-electron chi connectivity index (χ3n) is 2.76. The number of hydrogen-bond donors (Lipinski definition) is 2. The Morgan fingerprint density at radius 3 is 2.89 bits per heavy atom. The van der Waals surface area contributed by atoms with E-state index in [9.17, 15) is 4.79 Å². The Balaban J connectivity index is 2.48. The molecule has 5 nitrogen and oxygen atoms in total. The van der Waals surface area contributed by atoms with Crippen molar-refractivity contribution in [3.63, 3.8) is 0 Å². The van der Waals surface area contributed by atoms with E-state index < -0.39 is 0 Å². The molecule has 0 atom stereocenters. The van der Waals surface area contributed by atoms with Crippen LogP contribution in [-0.2, 0) is 0 Å². The average molecular weight is 260 g/mol. The molecule has 100 valence electrons. The number of aliphatic hydroxyl groups is 1. The van der Waals surface area contributed by atoms with E-state index in [1.165, 1.54) is 0 Å². The molecule has 0 aliphatic heterocycles. The summed E-state index contributed by atoms with van der Waals surface area (Å²) in [4.78, 5) is 16.2. The van der Waals surface area contributed by atoms with E-state index in [0.717, 1.165) is 16.5 Å². The summed E-state index contributed by atoms with van der Waals surface area (Å²) in [5, 5.41) is 12.2. The molecule has 0 unspecified atom stereocenters. The van der Waals surface area contributed by atoms with Crippen LogP contribution in [0.4, 0.5) is 0 Å². The lowest BCUT2D eigenvalue weighted by Gasteiger charge is -2.09. The summed E-state index contributed by atoms with van der Waals surface area (Å²) in [7, 11) is 1.55. The van der Waals surface area contributed by atoms with Crippen LogP contribution in [0.25, 0.3) is 10.9 Å². The number of aliphatic hydroxyl groups excluding tert-OH is 1. The molecule has 2 aromatic rings. The molecule has 5 heteroatoms. The van der Waals surface area contributed by atoms with Crippen molar-refractivity contribution in [1.29, 1.82) is 0 Å². The molecule has 0 spiro atoms. The second-order valence-electron chi connectivity index (χ2n) is 4.24. The molecule has 2 rings (SSSR count). The molecule has 0 radical (unpaired) electrons. The molecule has 1 aromatic heterocycles. The first-order chi connectivity index (χ1) is 9.15. The lowest BCUT2D eigenvalue weighted by molar-refractivity contribution is 0.0944. The molecular weight excluding hydrogens is 244 g/mol. The number of benzene rings is 1. The summed E-state index contributed by atoms with van der Waals surface area (Å²) in [6.45, 7) is 2.08. The maximum Gasteiger partial charge on any atom is 0.251 e. The number of carbonyl (C=O) groups is 1. The maximum atomic E-state index is 11.9. The van der Waals surface area contributed by atoms with Gasteiger partial charge in [0.25, 0.3) is 5.91 Å². The third-order valence-corrected chi connectivity index (χ3v) is 2.76. The molecule has 0 aliphatic carbocycles. The SMILES string of the molecule is COc1cc(C(=O)NCCO)cc2cc(C)cnc12. The molecule has 0 aliphatic rings. The Bertz CT molecular complexity index is 611. The predicted molar refractivity (Wildman–Crippen MR) is 72.5 cm³/mol. The van der Waals surface area contributed by atoms with Crippen molar-refractivity contribution in [2.45, 2.75) is 6.92 Å². The van der Waals surface area contributed by atoms with E-state index >= 15 is 0 Å². The standard InChI is InChI=1S/C14H16N2O3/c1-9-5-10-6-11(14(18)15-3-4-17)7-12(19-2)13(10)16-8-9/h5-8,17H,3-4H2,1-2H3,(H,15,18). The number of nitrogens with one attached hydrogen (secondary N) is 1. The first-order valence-corrected chi connectivity index (χ1v) is 5.99. The van der Waals surface area contributed by atoms with Gasteiger partial charge >= 0.3 is 0 Å². The molecule has 1 aromatic carbocycles. The van der Waals surface area contributed by atoms with Gasteiger partial charge in [0.1, 0.15) is 11.3 Å². The molecule has 0 saturated heterocycles. The van der Waals surface area contributed by atoms with Crippen molar-refractivity contribution in [2.24, 2.45) is 0 Å². The molecule has 0 fully saturated rings. The quantitative estimate of drug-likeness (QED) is 0.868. The van der Waals surface area contributed by atoms with E-state index in [-0.39, 0.29) is 19.1 Å². The van der Waals surface area contributed by atoms with Gasteiger partial charge in [0.15, 0.2) is 0 Å². The zero-order chi connectivity index (χ0) is 13.8. The number of hydrogen-bond acceptors (Lipinski definition) is 4. The summed E-state index contributed by atoms with van der Waals surface area (Å²) in [6.07, 6.45) is 1.76. The van der Waals surface area contributed by atoms with Crippen molar-refractivity contribution < 1.29 is 14.6 Å². The van der Waals surface area contributed by atoms with Crippen molar-refractivity contribution in [3.8, 4) is 5.75 Å². The molecule has 1 heterocycles. The summed E-state index contributed by atoms with van der Waals surface area (Å²) < 4.78 is 5.27. The number of nitrogens with zero attached hydrogens (tertiary/aromatic N) is 1. The van der Waals surface area contributed by atoms with Crippen LogP contribution in [0.3, 0.4) is 0 Å². The summed E-state index contributed by atoms with van der Waals surface area (Å²) in [5.74, 6) is 0.322. The highest BCUT2D eigenvalue weighted by Crippen LogP contribution is 2.26. The number of aromatic nitrogens is 1. The molecule has 0 saturated carbocycles. The fourth-order valence-electron chi connectivity index (χ4n) is 1.88. The highest BCUT2D eigenvalue weighted by molar-refractivity contribution is 5.99. The number of pyridine rings is 1. The number of aryl methyl sites for hydroxylation is 1. The van der Waals surface area contributed by atoms with Crippen LogP contribution >= 0.6 is 0 Å². The average Bonchev–Trinajstić information content (AvgIpc) is 2.42. The van der Waals surface area contributed by atoms with E-state index in [4.69, 9.17) is 9.84 Å². The summed E-state index contributed by atoms with van der Waals surface area (Å²) in [5.41, 5.74) is 2.24. The van der Waals surface area contributed by atoms with Crippen molar-refractivity contribution in [2.75, 3.05) is 20.3 Å². The first-order valence-electron chi connectivity index (χ1n) is 5.99. The normalized spacial score (nSPS) is 10.5. The zero-order valence-corrected chi connectivity index (χ0v) is 10.9. The lowest BCUT2D eigenvalue weighted by atomic mass is 10.1. The van der Waals surface area contributed by atoms with E-state index in [1.807, 2.05) is 13.0 Å². The van der Waals surface area contributed by atoms with Crippen LogP contribution in [0.15, 0.2) is 24.4 Å². The van der Waals surface area contributed by atoms with Crippen LogP contribution in [-0.4, -0.2) is 36.3 Å². The minimum absolute atomic E-state index is 0.0862. The topological polar surface area (TPSA) is 71.5 Å². The second kappa shape index (κ2) is 5.67. The monoisotopic (exact) mass is 260 g/mol. The van der Waals surface area contributed by atoms with Gasteiger partial charge in [-0.2, -0.15) is 0 Å². The summed E-state index contributed by atoms with van der Waals surface area (Å²) >= 11 is 0. The van der Waals surface area contributed by atoms with Crippen LogP contribution in [0.1, 0.15) is 15.9 Å². The Kier molecular flexibility index (Phi) is 3.97. The molecular formula is C14H16N2O3. The number of fused-ring (bicyclic) bond motifs is 1. The smallest absolute Gasteiger partial charge is 0.251 e. The Labute approximate surface area is 111 Å². The highest BCUT2D eigenvalue weighted by Gasteiger charge is 2.11. The van der Waals surface area contributed by atoms with Crippen LogP contribution in [0.5, 0.6) is 5.75 Å². The highest BCUT2D eigenvalue weighted by atomic mass is 16.5. The van der Waals surface area contributed by atoms with Crippen molar-refractivity contribution >= 4 is 16.8 Å². The van der Waals surface area contributed by atoms with Gasteiger partial charge in [-0.05, 0) is 30.7 Å². The van der Waals surface area contributed by atoms with Gasteiger partial charge in [-0.15, -0.1) is 0 Å². The van der Waals surface area contributed by atoms with Gasteiger partial charge in [0.05, 0.1) is 13.7 Å². The number of ether oxygens (including phenoxy) is 1. The van der Waals surface area contributed by atoms with E-state index in [2.05, 4.69) is 10.3 Å². The maximum absolute atomic E-state index is 11.9. The van der Waals surface area contributed by atoms with Gasteiger partial charge < -0.3 is 15.2 Å². The van der Waals surface area contributed by atoms with Gasteiger partial charge in [-0.1, -0.05) is 0 Å². The van der Waals surface area contributed by atoms with Crippen molar-refractivity contribution in [3.05, 3.63) is 35.5 Å². The lowest BCUT2D eigenvalue weighted by Crippen LogP contribution is -2.26. The number of rotatable bonds is 4. The van der Waals surface area contributed by atoms with Crippen molar-refractivity contribution in [1.82, 2.24) is 10.3 Å². The van der Waals surface area contributed by atoms with E-state index in [0.29, 0.717) is 11.3 Å². The third kappa shape index (κ3) is 2.82. The van der Waals surface area contributed by atoms with Crippen LogP contribution in [0.2, 0.25) is 0 Å². The molecule has 19 heavy (non-hydrogen) atoms. The number of carbonyl (C=O) groups excluding carboxylic acids is 1. The fraction of sp³-hybridized carbons (Fsp3) is 0.286. The Morgan fingerprint density at radius 2 is 2.21 bits per heavy atom. The van der Waals surface area contributed by atoms with Gasteiger partial charge in [-0.3, -0.25) is 9.78 Å². The number of methoxy groups -OCH3 is 1. The Morgan fingerprint density at radius 1 is 1.42 bits per heavy atom. The minimum Gasteiger partial charge on any atom is -0.494 e. The first kappa shape index (κ1) is 13.3. The minimum atomic E-state index is -0.240. The molecule has 1 amide bonds. The zero-order valence-electron chi connectivity index (χ0n) is 10.9. The van der Waals surface area contributed by atoms with Gasteiger partial charge in [0, 0.05) is 23.7 Å². The summed E-state index contributed by atoms with van der Waals surface area (Å²) in [6, 6.07) is 5.37. The van der Waals surface area contributed by atoms with Gasteiger partial charge in [-0.25, -0.2) is 0 Å². The second-order valence-corrected chi connectivity index (χ2v) is 4.24. The fourth-order valence-corrected chi connectivity index (χ4v) is 1.88.